The highest BCUT2D eigenvalue weighted by molar-refractivity contribution is 6.23. The van der Waals surface area contributed by atoms with Crippen LogP contribution in [0.5, 0.6) is 0 Å². The van der Waals surface area contributed by atoms with Gasteiger partial charge in [0.15, 0.2) is 17.5 Å². The van der Waals surface area contributed by atoms with Crippen LogP contribution in [-0.2, 0) is 0 Å². The summed E-state index contributed by atoms with van der Waals surface area (Å²) >= 11 is 0. The maximum atomic E-state index is 10.8. The number of hydrogen-bond acceptors (Lipinski definition) is 7. The fourth-order valence-corrected chi connectivity index (χ4v) is 7.30. The van der Waals surface area contributed by atoms with Crippen LogP contribution >= 0.6 is 0 Å². The van der Waals surface area contributed by atoms with Gasteiger partial charge in [0.2, 0.25) is 0 Å². The Balaban J connectivity index is 1.24. The molecule has 0 saturated carbocycles. The first-order valence-electron chi connectivity index (χ1n) is 18.3. The number of nitrogens with zero attached hydrogens (tertiary/aromatic N) is 7. The van der Waals surface area contributed by atoms with Gasteiger partial charge in [-0.1, -0.05) is 158 Å². The molecule has 7 nitrogen and oxygen atoms in total. The molecule has 260 valence electrons. The van der Waals surface area contributed by atoms with E-state index in [1.165, 1.54) is 0 Å². The van der Waals surface area contributed by atoms with E-state index in [9.17, 15) is 5.26 Å². The summed E-state index contributed by atoms with van der Waals surface area (Å²) in [6.07, 6.45) is 0. The summed E-state index contributed by atoms with van der Waals surface area (Å²) in [5.41, 5.74) is 10.0. The van der Waals surface area contributed by atoms with Crippen molar-refractivity contribution in [2.45, 2.75) is 0 Å². The van der Waals surface area contributed by atoms with Crippen molar-refractivity contribution in [3.05, 3.63) is 181 Å². The molecule has 0 unspecified atom stereocenters. The molecule has 3 heterocycles. The summed E-state index contributed by atoms with van der Waals surface area (Å²) < 4.78 is 0. The number of pyridine rings is 1. The first kappa shape index (κ1) is 32.7. The highest BCUT2D eigenvalue weighted by atomic mass is 15.0. The standard InChI is InChI=1S/C49H29N7/c50-30-37-29-40-46(53-45(32-18-7-2-8-19-32)44(52-40)31-16-5-1-6-17-31)42-38-26-13-14-27-39(38)51-43(41(37)42)35-24-15-25-36(28-35)49-55-47(33-20-9-3-10-21-33)54-48(56-49)34-22-11-4-12-23-34/h1-29H. The zero-order chi connectivity index (χ0) is 37.4. The van der Waals surface area contributed by atoms with Crippen molar-refractivity contribution in [1.82, 2.24) is 29.9 Å². The third-order valence-corrected chi connectivity index (χ3v) is 9.91. The number of hydrogen-bond donors (Lipinski definition) is 0. The van der Waals surface area contributed by atoms with Crippen LogP contribution in [0.15, 0.2) is 176 Å². The van der Waals surface area contributed by atoms with Gasteiger partial charge in [-0.25, -0.2) is 29.9 Å². The fraction of sp³-hybridized carbons (Fsp3) is 0. The first-order chi connectivity index (χ1) is 27.7. The van der Waals surface area contributed by atoms with Gasteiger partial charge in [0.1, 0.15) is 0 Å². The molecule has 7 heteroatoms. The average molecular weight is 716 g/mol. The Bertz CT molecular complexity index is 3070. The van der Waals surface area contributed by atoms with Gasteiger partial charge in [-0.05, 0) is 18.2 Å². The Hall–Kier alpha value is -7.95. The average Bonchev–Trinajstić information content (AvgIpc) is 3.29. The molecule has 0 aliphatic rings. The van der Waals surface area contributed by atoms with Gasteiger partial charge in [-0.2, -0.15) is 5.26 Å². The lowest BCUT2D eigenvalue weighted by atomic mass is 9.94. The highest BCUT2D eigenvalue weighted by Gasteiger charge is 2.22. The molecule has 10 rings (SSSR count). The number of rotatable bonds is 6. The lowest BCUT2D eigenvalue weighted by Gasteiger charge is -2.16. The Morgan fingerprint density at radius 2 is 0.804 bits per heavy atom. The molecular formula is C49H29N7. The second-order valence-corrected chi connectivity index (χ2v) is 13.4. The quantitative estimate of drug-likeness (QED) is 0.158. The zero-order valence-corrected chi connectivity index (χ0v) is 29.9. The van der Waals surface area contributed by atoms with Gasteiger partial charge in [-0.15, -0.1) is 0 Å². The van der Waals surface area contributed by atoms with Gasteiger partial charge in [0, 0.05) is 49.5 Å². The minimum absolute atomic E-state index is 0.463. The molecule has 56 heavy (non-hydrogen) atoms. The highest BCUT2D eigenvalue weighted by Crippen LogP contribution is 2.41. The number of benzene rings is 7. The van der Waals surface area contributed by atoms with E-state index in [0.717, 1.165) is 61.1 Å². The number of para-hydroxylation sites is 1. The number of nitriles is 1. The summed E-state index contributed by atoms with van der Waals surface area (Å²) in [4.78, 5) is 30.8. The van der Waals surface area contributed by atoms with Crippen molar-refractivity contribution >= 4 is 32.7 Å². The van der Waals surface area contributed by atoms with Crippen molar-refractivity contribution in [1.29, 1.82) is 5.26 Å². The predicted molar refractivity (Wildman–Crippen MR) is 223 cm³/mol. The van der Waals surface area contributed by atoms with Gasteiger partial charge >= 0.3 is 0 Å². The SMILES string of the molecule is N#Cc1cc2nc(-c3ccccc3)c(-c3ccccc3)nc2c2c1c(-c1cccc(-c3nc(-c4ccccc4)nc(-c4ccccc4)n3)c1)nc1ccccc12. The molecule has 0 amide bonds. The lowest BCUT2D eigenvalue weighted by molar-refractivity contribution is 1.07. The maximum Gasteiger partial charge on any atom is 0.164 e. The van der Waals surface area contributed by atoms with Crippen LogP contribution in [0.25, 0.3) is 101 Å². The fourth-order valence-electron chi connectivity index (χ4n) is 7.30. The molecule has 0 saturated heterocycles. The topological polar surface area (TPSA) is 101 Å². The minimum Gasteiger partial charge on any atom is -0.247 e. The largest absolute Gasteiger partial charge is 0.247 e. The molecular weight excluding hydrogens is 687 g/mol. The van der Waals surface area contributed by atoms with Crippen molar-refractivity contribution in [3.63, 3.8) is 0 Å². The molecule has 10 aromatic rings. The second-order valence-electron chi connectivity index (χ2n) is 13.4. The van der Waals surface area contributed by atoms with Crippen LogP contribution in [-0.4, -0.2) is 29.9 Å². The smallest absolute Gasteiger partial charge is 0.164 e. The van der Waals surface area contributed by atoms with E-state index in [4.69, 9.17) is 29.9 Å². The Kier molecular flexibility index (Phi) is 8.05. The second kappa shape index (κ2) is 13.8. The predicted octanol–water partition coefficient (Wildman–Crippen LogP) is 11.4. The molecule has 0 aliphatic carbocycles. The summed E-state index contributed by atoms with van der Waals surface area (Å²) in [6, 6.07) is 60.4. The van der Waals surface area contributed by atoms with E-state index in [2.05, 4.69) is 18.2 Å². The van der Waals surface area contributed by atoms with E-state index in [1.54, 1.807) is 0 Å². The molecule has 0 N–H and O–H groups in total. The lowest BCUT2D eigenvalue weighted by Crippen LogP contribution is -2.01. The maximum absolute atomic E-state index is 10.8. The van der Waals surface area contributed by atoms with E-state index in [1.807, 2.05) is 164 Å². The molecule has 0 atom stereocenters. The van der Waals surface area contributed by atoms with Gasteiger partial charge in [0.05, 0.1) is 45.3 Å². The van der Waals surface area contributed by atoms with Crippen LogP contribution in [0.2, 0.25) is 0 Å². The third-order valence-electron chi connectivity index (χ3n) is 9.91. The van der Waals surface area contributed by atoms with Crippen LogP contribution in [0.1, 0.15) is 5.56 Å². The normalized spacial score (nSPS) is 11.2. The molecule has 0 aliphatic heterocycles. The van der Waals surface area contributed by atoms with Crippen LogP contribution in [0.4, 0.5) is 0 Å². The van der Waals surface area contributed by atoms with Crippen LogP contribution < -0.4 is 0 Å². The Labute approximate surface area is 322 Å². The zero-order valence-electron chi connectivity index (χ0n) is 29.9. The molecule has 0 fully saturated rings. The summed E-state index contributed by atoms with van der Waals surface area (Å²) in [7, 11) is 0. The Morgan fingerprint density at radius 3 is 1.39 bits per heavy atom. The summed E-state index contributed by atoms with van der Waals surface area (Å²) in [5, 5.41) is 13.2. The molecule has 0 bridgehead atoms. The van der Waals surface area contributed by atoms with Gasteiger partial charge in [0.25, 0.3) is 0 Å². The van der Waals surface area contributed by atoms with Gasteiger partial charge < -0.3 is 0 Å². The summed E-state index contributed by atoms with van der Waals surface area (Å²) in [5.74, 6) is 1.69. The van der Waals surface area contributed by atoms with Crippen LogP contribution in [0.3, 0.4) is 0 Å². The van der Waals surface area contributed by atoms with E-state index >= 15 is 0 Å². The summed E-state index contributed by atoms with van der Waals surface area (Å²) in [6.45, 7) is 0. The van der Waals surface area contributed by atoms with Gasteiger partial charge in [-0.3, -0.25) is 0 Å². The first-order valence-corrected chi connectivity index (χ1v) is 18.3. The van der Waals surface area contributed by atoms with Crippen molar-refractivity contribution in [3.8, 4) is 74.0 Å². The molecule has 3 aromatic heterocycles. The third kappa shape index (κ3) is 5.79. The monoisotopic (exact) mass is 715 g/mol. The minimum atomic E-state index is 0.463. The van der Waals surface area contributed by atoms with E-state index in [-0.39, 0.29) is 0 Å². The van der Waals surface area contributed by atoms with E-state index in [0.29, 0.717) is 45.2 Å². The van der Waals surface area contributed by atoms with Crippen LogP contribution in [0, 0.1) is 11.3 Å². The molecule has 0 spiro atoms. The van der Waals surface area contributed by atoms with Crippen molar-refractivity contribution < 1.29 is 0 Å². The number of fused-ring (bicyclic) bond motifs is 5. The molecule has 0 radical (unpaired) electrons. The van der Waals surface area contributed by atoms with E-state index < -0.39 is 0 Å². The van der Waals surface area contributed by atoms with Crippen molar-refractivity contribution in [2.75, 3.05) is 0 Å². The number of aromatic nitrogens is 6. The Morgan fingerprint density at radius 1 is 0.339 bits per heavy atom. The van der Waals surface area contributed by atoms with Crippen molar-refractivity contribution in [2.24, 2.45) is 0 Å². The molecule has 7 aromatic carbocycles.